The molecule has 0 atom stereocenters. The lowest BCUT2D eigenvalue weighted by atomic mass is 10.1. The maximum atomic E-state index is 13.3. The zero-order valence-electron chi connectivity index (χ0n) is 19.9. The van der Waals surface area contributed by atoms with Gasteiger partial charge >= 0.3 is 0 Å². The van der Waals surface area contributed by atoms with Crippen molar-refractivity contribution in [2.24, 2.45) is 0 Å². The zero-order chi connectivity index (χ0) is 24.6. The molecule has 2 amide bonds. The molecule has 180 valence electrons. The summed E-state index contributed by atoms with van der Waals surface area (Å²) >= 11 is 0. The summed E-state index contributed by atoms with van der Waals surface area (Å²) in [6, 6.07) is 22.7. The molecule has 0 unspecified atom stereocenters. The molecule has 7 nitrogen and oxygen atoms in total. The summed E-state index contributed by atoms with van der Waals surface area (Å²) in [6.45, 7) is 2.76. The van der Waals surface area contributed by atoms with E-state index in [0.717, 1.165) is 24.3 Å². The highest BCUT2D eigenvalue weighted by Gasteiger charge is 2.24. The lowest BCUT2D eigenvalue weighted by Gasteiger charge is -2.36. The van der Waals surface area contributed by atoms with Crippen LogP contribution in [0.3, 0.4) is 0 Å². The fraction of sp³-hybridized carbons (Fsp3) is 0.214. The summed E-state index contributed by atoms with van der Waals surface area (Å²) in [6.07, 6.45) is 3.12. The monoisotopic (exact) mass is 471 g/mol. The van der Waals surface area contributed by atoms with Crippen molar-refractivity contribution < 1.29 is 19.1 Å². The highest BCUT2D eigenvalue weighted by molar-refractivity contribution is 6.07. The summed E-state index contributed by atoms with van der Waals surface area (Å²) in [5.74, 6) is 0.788. The summed E-state index contributed by atoms with van der Waals surface area (Å²) in [4.78, 5) is 30.0. The predicted octanol–water partition coefficient (Wildman–Crippen LogP) is 4.32. The molecule has 0 aliphatic carbocycles. The van der Waals surface area contributed by atoms with Crippen LogP contribution >= 0.6 is 0 Å². The zero-order valence-corrected chi connectivity index (χ0v) is 19.9. The molecule has 7 heteroatoms. The Kier molecular flexibility index (Phi) is 7.67. The van der Waals surface area contributed by atoms with Crippen LogP contribution in [0.2, 0.25) is 0 Å². The van der Waals surface area contributed by atoms with E-state index in [1.165, 1.54) is 6.08 Å². The van der Waals surface area contributed by atoms with Gasteiger partial charge in [-0.25, -0.2) is 0 Å². The van der Waals surface area contributed by atoms with Gasteiger partial charge in [0.15, 0.2) is 11.5 Å². The van der Waals surface area contributed by atoms with Gasteiger partial charge in [-0.3, -0.25) is 9.59 Å². The minimum Gasteiger partial charge on any atom is -0.493 e. The third-order valence-electron chi connectivity index (χ3n) is 5.94. The largest absolute Gasteiger partial charge is 0.493 e. The van der Waals surface area contributed by atoms with E-state index in [1.807, 2.05) is 35.2 Å². The van der Waals surface area contributed by atoms with Crippen molar-refractivity contribution in [2.45, 2.75) is 0 Å². The second-order valence-electron chi connectivity index (χ2n) is 8.10. The molecule has 0 spiro atoms. The van der Waals surface area contributed by atoms with Crippen LogP contribution in [-0.4, -0.2) is 57.1 Å². The number of ether oxygens (including phenoxy) is 2. The van der Waals surface area contributed by atoms with Gasteiger partial charge in [-0.15, -0.1) is 0 Å². The molecule has 1 N–H and O–H groups in total. The highest BCUT2D eigenvalue weighted by atomic mass is 16.5. The third-order valence-corrected chi connectivity index (χ3v) is 5.94. The number of hydrogen-bond acceptors (Lipinski definition) is 5. The Bertz CT molecular complexity index is 1200. The molecule has 4 rings (SSSR count). The SMILES string of the molecule is COc1ccc(C=CC(=O)Nc2ccccc2C(=O)N2CCN(c3ccccc3)CC2)cc1OC. The van der Waals surface area contributed by atoms with Gasteiger partial charge in [-0.05, 0) is 48.0 Å². The van der Waals surface area contributed by atoms with E-state index in [9.17, 15) is 9.59 Å². The lowest BCUT2D eigenvalue weighted by molar-refractivity contribution is -0.111. The maximum Gasteiger partial charge on any atom is 0.256 e. The number of methoxy groups -OCH3 is 2. The van der Waals surface area contributed by atoms with Gasteiger partial charge in [-0.2, -0.15) is 0 Å². The number of benzene rings is 3. The number of hydrogen-bond donors (Lipinski definition) is 1. The van der Waals surface area contributed by atoms with Gasteiger partial charge in [0.25, 0.3) is 5.91 Å². The predicted molar refractivity (Wildman–Crippen MR) is 138 cm³/mol. The molecule has 1 fully saturated rings. The molecule has 3 aromatic carbocycles. The Morgan fingerprint density at radius 2 is 1.51 bits per heavy atom. The van der Waals surface area contributed by atoms with Gasteiger partial charge in [0.2, 0.25) is 5.91 Å². The molecule has 1 aliphatic heterocycles. The van der Waals surface area contributed by atoms with Crippen LogP contribution in [0.15, 0.2) is 78.9 Å². The van der Waals surface area contributed by atoms with Crippen molar-refractivity contribution in [1.82, 2.24) is 4.90 Å². The summed E-state index contributed by atoms with van der Waals surface area (Å²) < 4.78 is 10.5. The van der Waals surface area contributed by atoms with Gasteiger partial charge in [-0.1, -0.05) is 36.4 Å². The Balaban J connectivity index is 1.40. The number of nitrogens with one attached hydrogen (secondary N) is 1. The number of piperazine rings is 1. The fourth-order valence-electron chi connectivity index (χ4n) is 4.06. The minimum atomic E-state index is -0.325. The Labute approximate surface area is 205 Å². The molecular formula is C28H29N3O4. The Hall–Kier alpha value is -4.26. The minimum absolute atomic E-state index is 0.0857. The van der Waals surface area contributed by atoms with Crippen molar-refractivity contribution in [3.8, 4) is 11.5 Å². The normalized spacial score (nSPS) is 13.5. The first kappa shape index (κ1) is 23.9. The average molecular weight is 472 g/mol. The highest BCUT2D eigenvalue weighted by Crippen LogP contribution is 2.28. The molecule has 0 aromatic heterocycles. The van der Waals surface area contributed by atoms with Crippen LogP contribution in [0.4, 0.5) is 11.4 Å². The first-order valence-corrected chi connectivity index (χ1v) is 11.5. The van der Waals surface area contributed by atoms with Gasteiger partial charge in [0, 0.05) is 37.9 Å². The van der Waals surface area contributed by atoms with E-state index in [0.29, 0.717) is 35.8 Å². The number of para-hydroxylation sites is 2. The summed E-state index contributed by atoms with van der Waals surface area (Å²) in [7, 11) is 3.14. The lowest BCUT2D eigenvalue weighted by Crippen LogP contribution is -2.48. The molecule has 3 aromatic rings. The van der Waals surface area contributed by atoms with E-state index in [1.54, 1.807) is 50.6 Å². The van der Waals surface area contributed by atoms with E-state index in [4.69, 9.17) is 9.47 Å². The van der Waals surface area contributed by atoms with Crippen LogP contribution in [0.5, 0.6) is 11.5 Å². The van der Waals surface area contributed by atoms with Crippen molar-refractivity contribution in [2.75, 3.05) is 50.6 Å². The number of carbonyl (C=O) groups is 2. The van der Waals surface area contributed by atoms with Crippen molar-refractivity contribution in [3.05, 3.63) is 90.0 Å². The van der Waals surface area contributed by atoms with Crippen LogP contribution < -0.4 is 19.7 Å². The van der Waals surface area contributed by atoms with E-state index < -0.39 is 0 Å². The van der Waals surface area contributed by atoms with E-state index in [2.05, 4.69) is 22.3 Å². The number of anilines is 2. The van der Waals surface area contributed by atoms with Gasteiger partial charge in [0.05, 0.1) is 25.5 Å². The van der Waals surface area contributed by atoms with E-state index in [-0.39, 0.29) is 11.8 Å². The van der Waals surface area contributed by atoms with Crippen molar-refractivity contribution in [1.29, 1.82) is 0 Å². The smallest absolute Gasteiger partial charge is 0.256 e. The Morgan fingerprint density at radius 3 is 2.23 bits per heavy atom. The van der Waals surface area contributed by atoms with E-state index >= 15 is 0 Å². The Morgan fingerprint density at radius 1 is 0.829 bits per heavy atom. The molecule has 1 aliphatic rings. The molecular weight excluding hydrogens is 442 g/mol. The van der Waals surface area contributed by atoms with Crippen LogP contribution in [0.1, 0.15) is 15.9 Å². The fourth-order valence-corrected chi connectivity index (χ4v) is 4.06. The first-order valence-electron chi connectivity index (χ1n) is 11.5. The molecule has 0 bridgehead atoms. The number of rotatable bonds is 7. The molecule has 0 radical (unpaired) electrons. The molecule has 35 heavy (non-hydrogen) atoms. The quantitative estimate of drug-likeness (QED) is 0.520. The summed E-state index contributed by atoms with van der Waals surface area (Å²) in [5, 5.41) is 2.85. The van der Waals surface area contributed by atoms with Crippen molar-refractivity contribution in [3.63, 3.8) is 0 Å². The van der Waals surface area contributed by atoms with Crippen LogP contribution in [0.25, 0.3) is 6.08 Å². The molecule has 1 heterocycles. The maximum absolute atomic E-state index is 13.3. The standard InChI is InChI=1S/C28H29N3O4/c1-34-25-14-12-21(20-26(25)35-2)13-15-27(32)29-24-11-7-6-10-23(24)28(33)31-18-16-30(17-19-31)22-8-4-3-5-9-22/h3-15,20H,16-19H2,1-2H3,(H,29,32). The van der Waals surface area contributed by atoms with Gasteiger partial charge < -0.3 is 24.6 Å². The van der Waals surface area contributed by atoms with Crippen molar-refractivity contribution >= 4 is 29.3 Å². The molecule has 0 saturated carbocycles. The molecule has 1 saturated heterocycles. The second kappa shape index (κ2) is 11.2. The second-order valence-corrected chi connectivity index (χ2v) is 8.10. The third kappa shape index (κ3) is 5.81. The number of carbonyl (C=O) groups excluding carboxylic acids is 2. The van der Waals surface area contributed by atoms with Gasteiger partial charge in [0.1, 0.15) is 0 Å². The first-order chi connectivity index (χ1) is 17.1. The number of amides is 2. The summed E-state index contributed by atoms with van der Waals surface area (Å²) in [5.41, 5.74) is 2.92. The number of nitrogens with zero attached hydrogens (tertiary/aromatic N) is 2. The average Bonchev–Trinajstić information content (AvgIpc) is 2.92. The topological polar surface area (TPSA) is 71.1 Å². The van der Waals surface area contributed by atoms with Crippen LogP contribution in [0, 0.1) is 0 Å². The van der Waals surface area contributed by atoms with Crippen LogP contribution in [-0.2, 0) is 4.79 Å².